The summed E-state index contributed by atoms with van der Waals surface area (Å²) in [6.07, 6.45) is 5.42. The molecule has 9 heteroatoms. The molecule has 0 saturated heterocycles. The van der Waals surface area contributed by atoms with Gasteiger partial charge in [0.25, 0.3) is 0 Å². The second-order valence-corrected chi connectivity index (χ2v) is 13.3. The highest BCUT2D eigenvalue weighted by Gasteiger charge is 2.34. The molecule has 1 fully saturated rings. The van der Waals surface area contributed by atoms with E-state index >= 15 is 0 Å². The smallest absolute Gasteiger partial charge is 0.243 e. The van der Waals surface area contributed by atoms with Crippen molar-refractivity contribution in [1.82, 2.24) is 14.5 Å². The standard InChI is InChI=1S/C32H38ClN3O4S/c1-24-13-15-26(16-14-24)22-36(31(37)23-35(2)41(39,40)29-19-17-27(33)18-20-29)30(21-25-9-5-3-6-10-25)32(38)34-28-11-7-4-8-12-28/h3,5-6,9-10,13-20,28,30H,4,7-8,11-12,21-23H2,1-2H3,(H,34,38)/t30-/m0/s1. The number of hydrogen-bond donors (Lipinski definition) is 1. The van der Waals surface area contributed by atoms with Crippen molar-refractivity contribution in [2.45, 2.75) is 69.0 Å². The number of hydrogen-bond acceptors (Lipinski definition) is 4. The van der Waals surface area contributed by atoms with Crippen LogP contribution in [0.3, 0.4) is 0 Å². The van der Waals surface area contributed by atoms with Crippen LogP contribution < -0.4 is 5.32 Å². The molecule has 1 aliphatic carbocycles. The highest BCUT2D eigenvalue weighted by molar-refractivity contribution is 7.89. The number of nitrogens with zero attached hydrogens (tertiary/aromatic N) is 2. The van der Waals surface area contributed by atoms with E-state index in [4.69, 9.17) is 11.6 Å². The van der Waals surface area contributed by atoms with Crippen LogP contribution >= 0.6 is 11.6 Å². The molecule has 7 nitrogen and oxygen atoms in total. The van der Waals surface area contributed by atoms with Crippen molar-refractivity contribution in [2.75, 3.05) is 13.6 Å². The topological polar surface area (TPSA) is 86.8 Å². The minimum absolute atomic E-state index is 0.0400. The van der Waals surface area contributed by atoms with Crippen molar-refractivity contribution in [3.8, 4) is 0 Å². The summed E-state index contributed by atoms with van der Waals surface area (Å²) < 4.78 is 27.6. The van der Waals surface area contributed by atoms with Gasteiger partial charge in [-0.2, -0.15) is 4.31 Å². The molecule has 0 unspecified atom stereocenters. The van der Waals surface area contributed by atoms with Gasteiger partial charge >= 0.3 is 0 Å². The van der Waals surface area contributed by atoms with Gasteiger partial charge in [0, 0.05) is 31.1 Å². The number of likely N-dealkylation sites (N-methyl/N-ethyl adjacent to an activating group) is 1. The molecule has 218 valence electrons. The molecule has 2 amide bonds. The normalized spacial score (nSPS) is 14.9. The van der Waals surface area contributed by atoms with Crippen LogP contribution in [0.5, 0.6) is 0 Å². The summed E-state index contributed by atoms with van der Waals surface area (Å²) in [5.41, 5.74) is 2.85. The van der Waals surface area contributed by atoms with E-state index in [0.29, 0.717) is 11.4 Å². The van der Waals surface area contributed by atoms with Gasteiger partial charge in [0.1, 0.15) is 6.04 Å². The summed E-state index contributed by atoms with van der Waals surface area (Å²) in [5, 5.41) is 3.62. The molecule has 0 spiro atoms. The Bertz CT molecular complexity index is 1410. The fourth-order valence-electron chi connectivity index (χ4n) is 5.14. The molecule has 41 heavy (non-hydrogen) atoms. The SMILES string of the molecule is Cc1ccc(CN(C(=O)CN(C)S(=O)(=O)c2ccc(Cl)cc2)[C@@H](Cc2ccccc2)C(=O)NC2CCCCC2)cc1. The summed E-state index contributed by atoms with van der Waals surface area (Å²) in [4.78, 5) is 29.5. The van der Waals surface area contributed by atoms with Crippen molar-refractivity contribution >= 4 is 33.4 Å². The van der Waals surface area contributed by atoms with E-state index in [9.17, 15) is 18.0 Å². The Balaban J connectivity index is 1.65. The first kappa shape index (κ1) is 30.8. The fraction of sp³-hybridized carbons (Fsp3) is 0.375. The Morgan fingerprint density at radius 1 is 0.902 bits per heavy atom. The lowest BCUT2D eigenvalue weighted by molar-refractivity contribution is -0.141. The largest absolute Gasteiger partial charge is 0.352 e. The van der Waals surface area contributed by atoms with Crippen LogP contribution in [0.4, 0.5) is 0 Å². The monoisotopic (exact) mass is 595 g/mol. The summed E-state index contributed by atoms with van der Waals surface area (Å²) in [6.45, 7) is 1.74. The number of halogens is 1. The summed E-state index contributed by atoms with van der Waals surface area (Å²) in [5.74, 6) is -0.672. The molecule has 0 radical (unpaired) electrons. The second kappa shape index (κ2) is 14.1. The first-order chi connectivity index (χ1) is 19.6. The van der Waals surface area contributed by atoms with Crippen molar-refractivity contribution in [1.29, 1.82) is 0 Å². The van der Waals surface area contributed by atoms with Crippen molar-refractivity contribution in [3.05, 3.63) is 101 Å². The number of benzene rings is 3. The first-order valence-electron chi connectivity index (χ1n) is 14.0. The van der Waals surface area contributed by atoms with Gasteiger partial charge in [-0.1, -0.05) is 91.0 Å². The predicted octanol–water partition coefficient (Wildman–Crippen LogP) is 5.36. The van der Waals surface area contributed by atoms with Crippen LogP contribution in [-0.2, 0) is 32.6 Å². The number of nitrogens with one attached hydrogen (secondary N) is 1. The van der Waals surface area contributed by atoms with Crippen LogP contribution in [0, 0.1) is 6.92 Å². The van der Waals surface area contributed by atoms with Gasteiger partial charge < -0.3 is 10.2 Å². The van der Waals surface area contributed by atoms with E-state index in [0.717, 1.165) is 53.1 Å². The molecule has 0 bridgehead atoms. The zero-order chi connectivity index (χ0) is 29.4. The van der Waals surface area contributed by atoms with Gasteiger partial charge in [0.15, 0.2) is 0 Å². The maximum absolute atomic E-state index is 14.0. The van der Waals surface area contributed by atoms with Crippen LogP contribution in [0.2, 0.25) is 5.02 Å². The Kier molecular flexibility index (Phi) is 10.6. The average molecular weight is 596 g/mol. The number of carbonyl (C=O) groups excluding carboxylic acids is 2. The molecule has 0 aliphatic heterocycles. The third-order valence-corrected chi connectivity index (χ3v) is 9.65. The molecule has 4 rings (SSSR count). The number of aryl methyl sites for hydroxylation is 1. The number of sulfonamides is 1. The lowest BCUT2D eigenvalue weighted by atomic mass is 9.94. The molecule has 0 aromatic heterocycles. The number of amides is 2. The number of rotatable bonds is 11. The van der Waals surface area contributed by atoms with Crippen LogP contribution in [-0.4, -0.2) is 55.1 Å². The third-order valence-electron chi connectivity index (χ3n) is 7.58. The molecular formula is C32H38ClN3O4S. The maximum atomic E-state index is 14.0. The zero-order valence-electron chi connectivity index (χ0n) is 23.6. The van der Waals surface area contributed by atoms with Crippen LogP contribution in [0.1, 0.15) is 48.8 Å². The Morgan fingerprint density at radius 2 is 1.54 bits per heavy atom. The Hall–Kier alpha value is -3.20. The molecule has 0 heterocycles. The van der Waals surface area contributed by atoms with E-state index in [1.54, 1.807) is 0 Å². The molecule has 1 saturated carbocycles. The van der Waals surface area contributed by atoms with Gasteiger partial charge in [-0.25, -0.2) is 8.42 Å². The minimum Gasteiger partial charge on any atom is -0.352 e. The van der Waals surface area contributed by atoms with Crippen molar-refractivity contribution < 1.29 is 18.0 Å². The third kappa shape index (κ3) is 8.41. The van der Waals surface area contributed by atoms with E-state index in [-0.39, 0.29) is 23.4 Å². The van der Waals surface area contributed by atoms with Gasteiger partial charge in [-0.15, -0.1) is 0 Å². The van der Waals surface area contributed by atoms with E-state index in [1.165, 1.54) is 36.2 Å². The zero-order valence-corrected chi connectivity index (χ0v) is 25.2. The van der Waals surface area contributed by atoms with Crippen molar-refractivity contribution in [2.24, 2.45) is 0 Å². The van der Waals surface area contributed by atoms with Crippen molar-refractivity contribution in [3.63, 3.8) is 0 Å². The summed E-state index contributed by atoms with van der Waals surface area (Å²) in [7, 11) is -2.59. The van der Waals surface area contributed by atoms with Gasteiger partial charge in [-0.3, -0.25) is 9.59 Å². The second-order valence-electron chi connectivity index (χ2n) is 10.8. The van der Waals surface area contributed by atoms with E-state index in [1.807, 2.05) is 61.5 Å². The molecule has 1 aliphatic rings. The van der Waals surface area contributed by atoms with Crippen LogP contribution in [0.25, 0.3) is 0 Å². The predicted molar refractivity (Wildman–Crippen MR) is 162 cm³/mol. The molecule has 3 aromatic carbocycles. The Labute approximate surface area is 248 Å². The van der Waals surface area contributed by atoms with E-state index < -0.39 is 28.5 Å². The van der Waals surface area contributed by atoms with E-state index in [2.05, 4.69) is 5.32 Å². The molecule has 3 aromatic rings. The van der Waals surface area contributed by atoms with Gasteiger partial charge in [0.05, 0.1) is 11.4 Å². The average Bonchev–Trinajstić information content (AvgIpc) is 2.97. The fourth-order valence-corrected chi connectivity index (χ4v) is 6.39. The van der Waals surface area contributed by atoms with Crippen LogP contribution in [0.15, 0.2) is 83.8 Å². The highest BCUT2D eigenvalue weighted by Crippen LogP contribution is 2.22. The molecule has 1 atom stereocenters. The van der Waals surface area contributed by atoms with Gasteiger partial charge in [-0.05, 0) is 55.2 Å². The first-order valence-corrected chi connectivity index (χ1v) is 15.9. The Morgan fingerprint density at radius 3 is 2.17 bits per heavy atom. The molecular weight excluding hydrogens is 558 g/mol. The lowest BCUT2D eigenvalue weighted by Gasteiger charge is -2.34. The maximum Gasteiger partial charge on any atom is 0.243 e. The summed E-state index contributed by atoms with van der Waals surface area (Å²) in [6, 6.07) is 22.5. The summed E-state index contributed by atoms with van der Waals surface area (Å²) >= 11 is 5.95. The highest BCUT2D eigenvalue weighted by atomic mass is 35.5. The molecule has 1 N–H and O–H groups in total. The van der Waals surface area contributed by atoms with Gasteiger partial charge in [0.2, 0.25) is 21.8 Å². The number of carbonyl (C=O) groups is 2. The lowest BCUT2D eigenvalue weighted by Crippen LogP contribution is -2.54. The quantitative estimate of drug-likeness (QED) is 0.323. The minimum atomic E-state index is -3.96.